The largest absolute Gasteiger partial charge is 0.466 e. The maximum Gasteiger partial charge on any atom is 0.337 e. The Morgan fingerprint density at radius 1 is 1.45 bits per heavy atom. The first-order valence-corrected chi connectivity index (χ1v) is 7.49. The zero-order valence-electron chi connectivity index (χ0n) is 12.4. The molecule has 1 heterocycles. The molecule has 0 bridgehead atoms. The van der Waals surface area contributed by atoms with E-state index in [1.807, 2.05) is 13.8 Å². The van der Waals surface area contributed by atoms with Crippen molar-refractivity contribution in [3.8, 4) is 0 Å². The minimum Gasteiger partial charge on any atom is -0.466 e. The summed E-state index contributed by atoms with van der Waals surface area (Å²) in [6, 6.07) is 3.56. The van der Waals surface area contributed by atoms with Crippen LogP contribution in [-0.4, -0.2) is 18.2 Å². The number of methoxy groups -OCH3 is 1. The number of benzene rings is 1. The topological polar surface area (TPSA) is 50.4 Å². The molecule has 1 aromatic carbocycles. The molecule has 1 aliphatic heterocycles. The highest BCUT2D eigenvalue weighted by Crippen LogP contribution is 2.35. The van der Waals surface area contributed by atoms with E-state index in [1.54, 1.807) is 6.07 Å². The highest BCUT2D eigenvalue weighted by molar-refractivity contribution is 7.80. The zero-order chi connectivity index (χ0) is 16.4. The lowest BCUT2D eigenvalue weighted by Crippen LogP contribution is -2.47. The lowest BCUT2D eigenvalue weighted by atomic mass is 9.91. The van der Waals surface area contributed by atoms with E-state index in [2.05, 4.69) is 10.6 Å². The fraction of sp³-hybridized carbons (Fsp3) is 0.333. The van der Waals surface area contributed by atoms with E-state index in [0.717, 1.165) is 0 Å². The Labute approximate surface area is 138 Å². The van der Waals surface area contributed by atoms with Crippen molar-refractivity contribution in [2.75, 3.05) is 7.11 Å². The fourth-order valence-electron chi connectivity index (χ4n) is 2.38. The molecular formula is C15H16ClFN2O2S. The molecular weight excluding hydrogens is 327 g/mol. The SMILES string of the molecule is COC(=O)C1=C(C(C)C)NC(=S)N[C@H]1c1c(F)cccc1Cl. The minimum absolute atomic E-state index is 0.0257. The Bertz CT molecular complexity index is 641. The molecule has 0 saturated heterocycles. The average molecular weight is 343 g/mol. The van der Waals surface area contributed by atoms with Crippen molar-refractivity contribution in [3.63, 3.8) is 0 Å². The summed E-state index contributed by atoms with van der Waals surface area (Å²) in [7, 11) is 1.28. The van der Waals surface area contributed by atoms with Crippen LogP contribution in [0.15, 0.2) is 29.5 Å². The highest BCUT2D eigenvalue weighted by Gasteiger charge is 2.35. The van der Waals surface area contributed by atoms with Crippen LogP contribution in [0.3, 0.4) is 0 Å². The quantitative estimate of drug-likeness (QED) is 0.653. The Morgan fingerprint density at radius 2 is 2.14 bits per heavy atom. The monoisotopic (exact) mass is 342 g/mol. The molecule has 2 N–H and O–H groups in total. The van der Waals surface area contributed by atoms with Crippen molar-refractivity contribution < 1.29 is 13.9 Å². The van der Waals surface area contributed by atoms with Gasteiger partial charge in [0.1, 0.15) is 5.82 Å². The number of carbonyl (C=O) groups is 1. The molecule has 22 heavy (non-hydrogen) atoms. The third kappa shape index (κ3) is 3.08. The molecule has 1 atom stereocenters. The molecule has 0 aromatic heterocycles. The van der Waals surface area contributed by atoms with E-state index in [0.29, 0.717) is 10.8 Å². The molecule has 0 radical (unpaired) electrons. The van der Waals surface area contributed by atoms with Crippen molar-refractivity contribution in [1.29, 1.82) is 0 Å². The van der Waals surface area contributed by atoms with Gasteiger partial charge in [-0.3, -0.25) is 0 Å². The van der Waals surface area contributed by atoms with Crippen molar-refractivity contribution in [2.24, 2.45) is 5.92 Å². The number of rotatable bonds is 3. The Morgan fingerprint density at radius 3 is 2.68 bits per heavy atom. The van der Waals surface area contributed by atoms with Crippen LogP contribution in [0.4, 0.5) is 4.39 Å². The normalized spacial score (nSPS) is 18.1. The van der Waals surface area contributed by atoms with E-state index < -0.39 is 17.8 Å². The van der Waals surface area contributed by atoms with Gasteiger partial charge < -0.3 is 15.4 Å². The van der Waals surface area contributed by atoms with Crippen LogP contribution in [0.5, 0.6) is 0 Å². The molecule has 0 unspecified atom stereocenters. The predicted molar refractivity (Wildman–Crippen MR) is 86.9 cm³/mol. The standard InChI is InChI=1S/C15H16ClFN2O2S/c1-7(2)12-11(14(20)21-3)13(19-15(22)18-12)10-8(16)5-4-6-9(10)17/h4-7,13H,1-3H3,(H2,18,19,22)/t13-/m0/s1. The van der Waals surface area contributed by atoms with Crippen LogP contribution < -0.4 is 10.6 Å². The Balaban J connectivity index is 2.68. The van der Waals surface area contributed by atoms with Gasteiger partial charge in [-0.05, 0) is 30.3 Å². The molecule has 0 amide bonds. The van der Waals surface area contributed by atoms with Gasteiger partial charge in [0.25, 0.3) is 0 Å². The maximum absolute atomic E-state index is 14.3. The Kier molecular flexibility index (Phi) is 5.03. The first-order valence-electron chi connectivity index (χ1n) is 6.70. The lowest BCUT2D eigenvalue weighted by molar-refractivity contribution is -0.136. The highest BCUT2D eigenvalue weighted by atomic mass is 35.5. The summed E-state index contributed by atoms with van der Waals surface area (Å²) in [6.07, 6.45) is 0. The number of carbonyl (C=O) groups excluding carboxylic acids is 1. The van der Waals surface area contributed by atoms with Crippen LogP contribution in [-0.2, 0) is 9.53 Å². The van der Waals surface area contributed by atoms with Gasteiger partial charge in [-0.25, -0.2) is 9.18 Å². The van der Waals surface area contributed by atoms with Crippen LogP contribution >= 0.6 is 23.8 Å². The fourth-order valence-corrected chi connectivity index (χ4v) is 2.88. The summed E-state index contributed by atoms with van der Waals surface area (Å²) in [5, 5.41) is 6.38. The second-order valence-electron chi connectivity index (χ2n) is 5.14. The van der Waals surface area contributed by atoms with Crippen molar-refractivity contribution in [3.05, 3.63) is 45.9 Å². The van der Waals surface area contributed by atoms with Gasteiger partial charge in [-0.15, -0.1) is 0 Å². The summed E-state index contributed by atoms with van der Waals surface area (Å²) < 4.78 is 19.1. The number of nitrogens with one attached hydrogen (secondary N) is 2. The van der Waals surface area contributed by atoms with Crippen LogP contribution in [0.25, 0.3) is 0 Å². The molecule has 118 valence electrons. The van der Waals surface area contributed by atoms with E-state index in [9.17, 15) is 9.18 Å². The summed E-state index contributed by atoms with van der Waals surface area (Å²) in [5.74, 6) is -1.10. The molecule has 0 aliphatic carbocycles. The predicted octanol–water partition coefficient (Wildman–Crippen LogP) is 3.08. The molecule has 1 aliphatic rings. The number of hydrogen-bond acceptors (Lipinski definition) is 3. The molecule has 0 saturated carbocycles. The molecule has 1 aromatic rings. The lowest BCUT2D eigenvalue weighted by Gasteiger charge is -2.32. The van der Waals surface area contributed by atoms with Gasteiger partial charge in [0.2, 0.25) is 0 Å². The Hall–Kier alpha value is -1.66. The molecule has 7 heteroatoms. The second-order valence-corrected chi connectivity index (χ2v) is 5.96. The van der Waals surface area contributed by atoms with E-state index in [4.69, 9.17) is 28.6 Å². The summed E-state index contributed by atoms with van der Waals surface area (Å²) in [4.78, 5) is 12.2. The van der Waals surface area contributed by atoms with Crippen molar-refractivity contribution in [2.45, 2.75) is 19.9 Å². The van der Waals surface area contributed by atoms with Crippen molar-refractivity contribution in [1.82, 2.24) is 10.6 Å². The van der Waals surface area contributed by atoms with Gasteiger partial charge in [0.15, 0.2) is 5.11 Å². The van der Waals surface area contributed by atoms with Gasteiger partial charge in [0, 0.05) is 16.3 Å². The van der Waals surface area contributed by atoms with Gasteiger partial charge >= 0.3 is 5.97 Å². The van der Waals surface area contributed by atoms with E-state index in [-0.39, 0.29) is 22.1 Å². The second kappa shape index (κ2) is 6.62. The smallest absolute Gasteiger partial charge is 0.337 e. The van der Waals surface area contributed by atoms with E-state index in [1.165, 1.54) is 19.2 Å². The first-order chi connectivity index (χ1) is 10.4. The number of hydrogen-bond donors (Lipinski definition) is 2. The molecule has 0 fully saturated rings. The van der Waals surface area contributed by atoms with Gasteiger partial charge in [-0.2, -0.15) is 0 Å². The number of ether oxygens (including phenoxy) is 1. The van der Waals surface area contributed by atoms with Crippen LogP contribution in [0, 0.1) is 11.7 Å². The van der Waals surface area contributed by atoms with Gasteiger partial charge in [0.05, 0.1) is 18.7 Å². The summed E-state index contributed by atoms with van der Waals surface area (Å²) >= 11 is 11.3. The maximum atomic E-state index is 14.3. The van der Waals surface area contributed by atoms with Crippen LogP contribution in [0.2, 0.25) is 5.02 Å². The number of halogens is 2. The van der Waals surface area contributed by atoms with Gasteiger partial charge in [-0.1, -0.05) is 31.5 Å². The minimum atomic E-state index is -0.799. The number of allylic oxidation sites excluding steroid dienone is 1. The number of thiocarbonyl (C=S) groups is 1. The third-order valence-electron chi connectivity index (χ3n) is 3.37. The number of esters is 1. The molecule has 4 nitrogen and oxygen atoms in total. The summed E-state index contributed by atoms with van der Waals surface area (Å²) in [5.41, 5.74) is 1.05. The van der Waals surface area contributed by atoms with Crippen LogP contribution in [0.1, 0.15) is 25.5 Å². The third-order valence-corrected chi connectivity index (χ3v) is 3.92. The molecule has 0 spiro atoms. The summed E-state index contributed by atoms with van der Waals surface area (Å²) in [6.45, 7) is 3.80. The average Bonchev–Trinajstić information content (AvgIpc) is 2.45. The molecule has 2 rings (SSSR count). The first kappa shape index (κ1) is 16.7. The van der Waals surface area contributed by atoms with Crippen molar-refractivity contribution >= 4 is 34.9 Å². The van der Waals surface area contributed by atoms with E-state index >= 15 is 0 Å². The zero-order valence-corrected chi connectivity index (χ0v) is 13.9.